The summed E-state index contributed by atoms with van der Waals surface area (Å²) in [4.78, 5) is 13.2. The monoisotopic (exact) mass is 184 g/mol. The maximum Gasteiger partial charge on any atom is 0.219 e. The van der Waals surface area contributed by atoms with Gasteiger partial charge in [0.1, 0.15) is 0 Å². The maximum atomic E-state index is 11.3. The molecule has 1 N–H and O–H groups in total. The molecule has 13 heavy (non-hydrogen) atoms. The lowest BCUT2D eigenvalue weighted by atomic mass is 10.2. The van der Waals surface area contributed by atoms with Crippen molar-refractivity contribution < 1.29 is 4.79 Å². The second kappa shape index (κ2) is 4.61. The minimum Gasteiger partial charge on any atom is -0.339 e. The van der Waals surface area contributed by atoms with Crippen molar-refractivity contribution in [1.82, 2.24) is 10.2 Å². The minimum absolute atomic E-state index is 0.184. The molecule has 1 rings (SSSR count). The molecule has 1 amide bonds. The highest BCUT2D eigenvalue weighted by Crippen LogP contribution is 2.09. The average Bonchev–Trinajstić information content (AvgIpc) is 2.50. The Bertz CT molecular complexity index is 174. The van der Waals surface area contributed by atoms with Crippen molar-refractivity contribution in [2.75, 3.05) is 13.1 Å². The van der Waals surface area contributed by atoms with Gasteiger partial charge >= 0.3 is 0 Å². The van der Waals surface area contributed by atoms with Crippen LogP contribution in [0.2, 0.25) is 0 Å². The summed E-state index contributed by atoms with van der Waals surface area (Å²) in [5.74, 6) is 0.184. The lowest BCUT2D eigenvalue weighted by molar-refractivity contribution is -0.130. The molecule has 0 radical (unpaired) electrons. The molecule has 0 aromatic heterocycles. The van der Waals surface area contributed by atoms with Crippen LogP contribution in [-0.4, -0.2) is 36.0 Å². The Morgan fingerprint density at radius 1 is 1.62 bits per heavy atom. The molecule has 0 aromatic carbocycles. The fourth-order valence-electron chi connectivity index (χ4n) is 1.85. The largest absolute Gasteiger partial charge is 0.339 e. The van der Waals surface area contributed by atoms with Gasteiger partial charge in [0.15, 0.2) is 0 Å². The van der Waals surface area contributed by atoms with Gasteiger partial charge in [0.05, 0.1) is 0 Å². The van der Waals surface area contributed by atoms with Crippen LogP contribution in [-0.2, 0) is 4.79 Å². The molecule has 76 valence electrons. The summed E-state index contributed by atoms with van der Waals surface area (Å²) in [5.41, 5.74) is 0. The van der Waals surface area contributed by atoms with Gasteiger partial charge in [-0.2, -0.15) is 0 Å². The zero-order valence-corrected chi connectivity index (χ0v) is 8.84. The van der Waals surface area contributed by atoms with Crippen LogP contribution < -0.4 is 5.32 Å². The van der Waals surface area contributed by atoms with Crippen LogP contribution >= 0.6 is 0 Å². The number of hydrogen-bond acceptors (Lipinski definition) is 2. The van der Waals surface area contributed by atoms with Crippen molar-refractivity contribution in [2.24, 2.45) is 0 Å². The Morgan fingerprint density at radius 3 is 2.69 bits per heavy atom. The van der Waals surface area contributed by atoms with E-state index in [1.807, 2.05) is 4.90 Å². The zero-order chi connectivity index (χ0) is 9.84. The van der Waals surface area contributed by atoms with Crippen molar-refractivity contribution >= 4 is 5.91 Å². The van der Waals surface area contributed by atoms with Gasteiger partial charge in [-0.05, 0) is 33.2 Å². The molecule has 1 aliphatic heterocycles. The quantitative estimate of drug-likeness (QED) is 0.709. The minimum atomic E-state index is 0.184. The smallest absolute Gasteiger partial charge is 0.219 e. The molecule has 0 bridgehead atoms. The van der Waals surface area contributed by atoms with Crippen LogP contribution in [0, 0.1) is 0 Å². The zero-order valence-electron chi connectivity index (χ0n) is 8.84. The van der Waals surface area contributed by atoms with E-state index in [4.69, 9.17) is 0 Å². The fraction of sp³-hybridized carbons (Fsp3) is 0.900. The molecule has 0 aliphatic carbocycles. The molecule has 0 spiro atoms. The molecule has 1 fully saturated rings. The molecule has 3 heteroatoms. The molecule has 0 aromatic rings. The average molecular weight is 184 g/mol. The van der Waals surface area contributed by atoms with Crippen molar-refractivity contribution in [3.05, 3.63) is 0 Å². The SMILES string of the molecule is CC(=O)N(C[C@H]1CCCN1)C(C)C. The van der Waals surface area contributed by atoms with E-state index in [1.54, 1.807) is 6.92 Å². The molecule has 3 nitrogen and oxygen atoms in total. The van der Waals surface area contributed by atoms with Gasteiger partial charge in [-0.15, -0.1) is 0 Å². The van der Waals surface area contributed by atoms with Crippen LogP contribution in [0.5, 0.6) is 0 Å². The Morgan fingerprint density at radius 2 is 2.31 bits per heavy atom. The van der Waals surface area contributed by atoms with E-state index in [0.717, 1.165) is 13.1 Å². The van der Waals surface area contributed by atoms with Crippen molar-refractivity contribution in [1.29, 1.82) is 0 Å². The second-order valence-electron chi connectivity index (χ2n) is 4.06. The highest BCUT2D eigenvalue weighted by molar-refractivity contribution is 5.73. The van der Waals surface area contributed by atoms with E-state index >= 15 is 0 Å². The third-order valence-electron chi connectivity index (χ3n) is 2.61. The first-order chi connectivity index (χ1) is 6.11. The molecule has 1 atom stereocenters. The van der Waals surface area contributed by atoms with Gasteiger partial charge in [0.2, 0.25) is 5.91 Å². The van der Waals surface area contributed by atoms with Crippen LogP contribution in [0.25, 0.3) is 0 Å². The molecule has 0 saturated carbocycles. The second-order valence-corrected chi connectivity index (χ2v) is 4.06. The Hall–Kier alpha value is -0.570. The van der Waals surface area contributed by atoms with E-state index in [2.05, 4.69) is 19.2 Å². The number of amides is 1. The van der Waals surface area contributed by atoms with Gasteiger partial charge in [0, 0.05) is 25.6 Å². The van der Waals surface area contributed by atoms with E-state index in [0.29, 0.717) is 12.1 Å². The molecule has 1 saturated heterocycles. The Balaban J connectivity index is 2.41. The summed E-state index contributed by atoms with van der Waals surface area (Å²) < 4.78 is 0. The van der Waals surface area contributed by atoms with Gasteiger partial charge in [0.25, 0.3) is 0 Å². The van der Waals surface area contributed by atoms with E-state index in [9.17, 15) is 4.79 Å². The lowest BCUT2D eigenvalue weighted by Gasteiger charge is -2.28. The highest BCUT2D eigenvalue weighted by Gasteiger charge is 2.20. The summed E-state index contributed by atoms with van der Waals surface area (Å²) in [5, 5.41) is 3.40. The van der Waals surface area contributed by atoms with Crippen LogP contribution in [0.1, 0.15) is 33.6 Å². The first-order valence-electron chi connectivity index (χ1n) is 5.12. The summed E-state index contributed by atoms with van der Waals surface area (Å²) in [6.45, 7) is 7.75. The lowest BCUT2D eigenvalue weighted by Crippen LogP contribution is -2.43. The summed E-state index contributed by atoms with van der Waals surface area (Å²) in [6, 6.07) is 0.839. The Kier molecular flexibility index (Phi) is 3.72. The van der Waals surface area contributed by atoms with Crippen molar-refractivity contribution in [2.45, 2.75) is 45.7 Å². The first kappa shape index (κ1) is 10.5. The Labute approximate surface area is 80.5 Å². The van der Waals surface area contributed by atoms with Gasteiger partial charge < -0.3 is 10.2 Å². The number of carbonyl (C=O) groups is 1. The molecule has 1 heterocycles. The van der Waals surface area contributed by atoms with E-state index in [-0.39, 0.29) is 5.91 Å². The standard InChI is InChI=1S/C10H20N2O/c1-8(2)12(9(3)13)7-10-5-4-6-11-10/h8,10-11H,4-7H2,1-3H3/t10-/m1/s1. The summed E-state index contributed by atoms with van der Waals surface area (Å²) >= 11 is 0. The first-order valence-corrected chi connectivity index (χ1v) is 5.12. The highest BCUT2D eigenvalue weighted by atomic mass is 16.2. The molecule has 1 aliphatic rings. The number of nitrogens with zero attached hydrogens (tertiary/aromatic N) is 1. The van der Waals surface area contributed by atoms with Crippen molar-refractivity contribution in [3.8, 4) is 0 Å². The number of nitrogens with one attached hydrogen (secondary N) is 1. The summed E-state index contributed by atoms with van der Waals surface area (Å²) in [6.07, 6.45) is 2.45. The third-order valence-corrected chi connectivity index (χ3v) is 2.61. The third kappa shape index (κ3) is 2.99. The van der Waals surface area contributed by atoms with Gasteiger partial charge in [-0.1, -0.05) is 0 Å². The maximum absolute atomic E-state index is 11.3. The van der Waals surface area contributed by atoms with Crippen LogP contribution in [0.4, 0.5) is 0 Å². The molecule has 0 unspecified atom stereocenters. The predicted molar refractivity (Wildman–Crippen MR) is 53.5 cm³/mol. The van der Waals surface area contributed by atoms with Gasteiger partial charge in [-0.3, -0.25) is 4.79 Å². The van der Waals surface area contributed by atoms with Gasteiger partial charge in [-0.25, -0.2) is 0 Å². The number of carbonyl (C=O) groups excluding carboxylic acids is 1. The predicted octanol–water partition coefficient (Wildman–Crippen LogP) is 0.995. The van der Waals surface area contributed by atoms with Crippen LogP contribution in [0.15, 0.2) is 0 Å². The molecular formula is C10H20N2O. The van der Waals surface area contributed by atoms with Crippen molar-refractivity contribution in [3.63, 3.8) is 0 Å². The van der Waals surface area contributed by atoms with Crippen LogP contribution in [0.3, 0.4) is 0 Å². The van der Waals surface area contributed by atoms with E-state index in [1.165, 1.54) is 12.8 Å². The van der Waals surface area contributed by atoms with E-state index < -0.39 is 0 Å². The topological polar surface area (TPSA) is 32.3 Å². The normalized spacial score (nSPS) is 22.3. The summed E-state index contributed by atoms with van der Waals surface area (Å²) in [7, 11) is 0. The fourth-order valence-corrected chi connectivity index (χ4v) is 1.85. The number of rotatable bonds is 3. The number of hydrogen-bond donors (Lipinski definition) is 1. The molecular weight excluding hydrogens is 164 g/mol.